The van der Waals surface area contributed by atoms with Crippen molar-refractivity contribution >= 4 is 11.8 Å². The lowest BCUT2D eigenvalue weighted by Crippen LogP contribution is -2.11. The summed E-state index contributed by atoms with van der Waals surface area (Å²) in [7, 11) is 1.68. The second-order valence-electron chi connectivity index (χ2n) is 5.44. The van der Waals surface area contributed by atoms with Gasteiger partial charge in [-0.15, -0.1) is 6.58 Å². The van der Waals surface area contributed by atoms with Crippen LogP contribution in [0.2, 0.25) is 0 Å². The van der Waals surface area contributed by atoms with E-state index in [0.29, 0.717) is 25.4 Å². The number of carbonyl (C=O) groups excluding carboxylic acids is 2. The van der Waals surface area contributed by atoms with Crippen LogP contribution in [0.1, 0.15) is 58.3 Å². The van der Waals surface area contributed by atoms with Gasteiger partial charge in [-0.2, -0.15) is 0 Å². The van der Waals surface area contributed by atoms with Crippen LogP contribution >= 0.6 is 0 Å². The van der Waals surface area contributed by atoms with E-state index in [2.05, 4.69) is 6.58 Å². The van der Waals surface area contributed by atoms with E-state index in [9.17, 15) is 9.59 Å². The third-order valence-corrected chi connectivity index (χ3v) is 3.42. The van der Waals surface area contributed by atoms with Crippen molar-refractivity contribution in [1.29, 1.82) is 0 Å². The quantitative estimate of drug-likeness (QED) is 0.279. The fourth-order valence-corrected chi connectivity index (χ4v) is 2.13. The summed E-state index contributed by atoms with van der Waals surface area (Å²) in [5.41, 5.74) is 0. The summed E-state index contributed by atoms with van der Waals surface area (Å²) in [6.45, 7) is 6.52. The number of ether oxygens (including phenoxy) is 2. The summed E-state index contributed by atoms with van der Waals surface area (Å²) in [4.78, 5) is 22.6. The molecule has 0 aromatic heterocycles. The van der Waals surface area contributed by atoms with Crippen molar-refractivity contribution in [3.05, 3.63) is 12.7 Å². The highest BCUT2D eigenvalue weighted by atomic mass is 16.5. The van der Waals surface area contributed by atoms with Crippen LogP contribution < -0.4 is 0 Å². The number of methoxy groups -OCH3 is 1. The van der Waals surface area contributed by atoms with Crippen LogP contribution in [0.3, 0.4) is 0 Å². The fourth-order valence-electron chi connectivity index (χ4n) is 2.13. The molecule has 0 spiro atoms. The van der Waals surface area contributed by atoms with E-state index in [4.69, 9.17) is 9.47 Å². The summed E-state index contributed by atoms with van der Waals surface area (Å²) in [6, 6.07) is 0. The van der Waals surface area contributed by atoms with Crippen molar-refractivity contribution in [2.45, 2.75) is 58.3 Å². The first kappa shape index (κ1) is 19.8. The van der Waals surface area contributed by atoms with E-state index in [-0.39, 0.29) is 11.8 Å². The van der Waals surface area contributed by atoms with E-state index in [0.717, 1.165) is 45.1 Å². The van der Waals surface area contributed by atoms with Gasteiger partial charge >= 0.3 is 5.97 Å². The molecule has 0 amide bonds. The molecule has 0 aromatic rings. The minimum Gasteiger partial charge on any atom is -0.466 e. The number of esters is 1. The lowest BCUT2D eigenvalue weighted by atomic mass is 9.95. The monoisotopic (exact) mass is 298 g/mol. The predicted molar refractivity (Wildman–Crippen MR) is 84.1 cm³/mol. The molecular weight excluding hydrogens is 268 g/mol. The summed E-state index contributed by atoms with van der Waals surface area (Å²) in [6.07, 6.45) is 8.25. The Kier molecular flexibility index (Phi) is 13.0. The Morgan fingerprint density at radius 1 is 1.10 bits per heavy atom. The molecule has 0 rings (SSSR count). The standard InChI is InChI=1S/C17H30O4/c1-4-8-16(11-10-15(2)18)12-14-21-17(19)9-6-5-7-13-20-3/h4,16H,1,5-14H2,2-3H3. The van der Waals surface area contributed by atoms with Gasteiger partial charge in [-0.1, -0.05) is 12.5 Å². The van der Waals surface area contributed by atoms with Crippen LogP contribution in [0.4, 0.5) is 0 Å². The van der Waals surface area contributed by atoms with Gasteiger partial charge in [-0.3, -0.25) is 4.79 Å². The van der Waals surface area contributed by atoms with Crippen LogP contribution in [0.5, 0.6) is 0 Å². The SMILES string of the molecule is C=CCC(CCOC(=O)CCCCCOC)CCC(C)=O. The van der Waals surface area contributed by atoms with Crippen molar-refractivity contribution in [3.8, 4) is 0 Å². The molecule has 1 atom stereocenters. The number of carbonyl (C=O) groups is 2. The first-order valence-corrected chi connectivity index (χ1v) is 7.85. The maximum atomic E-state index is 11.6. The minimum atomic E-state index is -0.128. The number of allylic oxidation sites excluding steroid dienone is 1. The normalized spacial score (nSPS) is 11.9. The Bertz CT molecular complexity index is 299. The Labute approximate surface area is 128 Å². The Hall–Kier alpha value is -1.16. The zero-order chi connectivity index (χ0) is 15.9. The summed E-state index contributed by atoms with van der Waals surface area (Å²) in [5, 5.41) is 0. The maximum Gasteiger partial charge on any atom is 0.305 e. The molecule has 0 aliphatic rings. The Balaban J connectivity index is 3.69. The van der Waals surface area contributed by atoms with E-state index in [1.807, 2.05) is 6.08 Å². The van der Waals surface area contributed by atoms with Gasteiger partial charge in [0.05, 0.1) is 6.61 Å². The second kappa shape index (κ2) is 13.8. The topological polar surface area (TPSA) is 52.6 Å². The molecule has 0 radical (unpaired) electrons. The molecule has 0 aliphatic carbocycles. The number of ketones is 1. The van der Waals surface area contributed by atoms with E-state index >= 15 is 0 Å². The molecular formula is C17H30O4. The van der Waals surface area contributed by atoms with Crippen LogP contribution in [0, 0.1) is 5.92 Å². The third kappa shape index (κ3) is 13.6. The number of hydrogen-bond acceptors (Lipinski definition) is 4. The van der Waals surface area contributed by atoms with Gasteiger partial charge in [-0.25, -0.2) is 0 Å². The van der Waals surface area contributed by atoms with E-state index < -0.39 is 0 Å². The first-order valence-electron chi connectivity index (χ1n) is 7.85. The van der Waals surface area contributed by atoms with Crippen molar-refractivity contribution in [3.63, 3.8) is 0 Å². The zero-order valence-corrected chi connectivity index (χ0v) is 13.6. The van der Waals surface area contributed by atoms with Gasteiger partial charge in [0.25, 0.3) is 0 Å². The minimum absolute atomic E-state index is 0.128. The average Bonchev–Trinajstić information content (AvgIpc) is 2.44. The molecule has 122 valence electrons. The van der Waals surface area contributed by atoms with Gasteiger partial charge in [0.1, 0.15) is 5.78 Å². The molecule has 0 aromatic carbocycles. The first-order chi connectivity index (χ1) is 10.1. The molecule has 0 saturated heterocycles. The lowest BCUT2D eigenvalue weighted by molar-refractivity contribution is -0.144. The van der Waals surface area contributed by atoms with E-state index in [1.54, 1.807) is 14.0 Å². The van der Waals surface area contributed by atoms with Gasteiger partial charge in [0.2, 0.25) is 0 Å². The predicted octanol–water partition coefficient (Wildman–Crippen LogP) is 3.69. The molecule has 0 N–H and O–H groups in total. The highest BCUT2D eigenvalue weighted by Gasteiger charge is 2.10. The van der Waals surface area contributed by atoms with E-state index in [1.165, 1.54) is 0 Å². The molecule has 0 aliphatic heterocycles. The molecule has 1 unspecified atom stereocenters. The van der Waals surface area contributed by atoms with Gasteiger partial charge in [0, 0.05) is 26.6 Å². The van der Waals surface area contributed by atoms with Crippen molar-refractivity contribution < 1.29 is 19.1 Å². The van der Waals surface area contributed by atoms with Crippen LogP contribution in [0.15, 0.2) is 12.7 Å². The van der Waals surface area contributed by atoms with Crippen LogP contribution in [-0.4, -0.2) is 32.1 Å². The number of unbranched alkanes of at least 4 members (excludes halogenated alkanes) is 2. The summed E-state index contributed by atoms with van der Waals surface area (Å²) < 4.78 is 10.2. The number of hydrogen-bond donors (Lipinski definition) is 0. The third-order valence-electron chi connectivity index (χ3n) is 3.42. The molecule has 0 fully saturated rings. The summed E-state index contributed by atoms with van der Waals surface area (Å²) in [5.74, 6) is 0.453. The van der Waals surface area contributed by atoms with Crippen molar-refractivity contribution in [2.24, 2.45) is 5.92 Å². The molecule has 21 heavy (non-hydrogen) atoms. The zero-order valence-electron chi connectivity index (χ0n) is 13.6. The number of Topliss-reactive ketones (excluding diaryl/α,β-unsaturated/α-hetero) is 1. The lowest BCUT2D eigenvalue weighted by Gasteiger charge is -2.14. The Morgan fingerprint density at radius 3 is 2.48 bits per heavy atom. The molecule has 4 heteroatoms. The van der Waals surface area contributed by atoms with Crippen molar-refractivity contribution in [2.75, 3.05) is 20.3 Å². The molecule has 0 heterocycles. The Morgan fingerprint density at radius 2 is 1.86 bits per heavy atom. The summed E-state index contributed by atoms with van der Waals surface area (Å²) >= 11 is 0. The van der Waals surface area contributed by atoms with Gasteiger partial charge < -0.3 is 14.3 Å². The van der Waals surface area contributed by atoms with Gasteiger partial charge in [-0.05, 0) is 44.9 Å². The van der Waals surface area contributed by atoms with Gasteiger partial charge in [0.15, 0.2) is 0 Å². The number of rotatable bonds is 14. The largest absolute Gasteiger partial charge is 0.466 e. The highest BCUT2D eigenvalue weighted by Crippen LogP contribution is 2.17. The van der Waals surface area contributed by atoms with Crippen LogP contribution in [0.25, 0.3) is 0 Å². The molecule has 0 saturated carbocycles. The van der Waals surface area contributed by atoms with Crippen LogP contribution in [-0.2, 0) is 19.1 Å². The molecule has 4 nitrogen and oxygen atoms in total. The second-order valence-corrected chi connectivity index (χ2v) is 5.44. The average molecular weight is 298 g/mol. The molecule has 0 bridgehead atoms. The highest BCUT2D eigenvalue weighted by molar-refractivity contribution is 5.75. The fraction of sp³-hybridized carbons (Fsp3) is 0.765. The van der Waals surface area contributed by atoms with Crippen molar-refractivity contribution in [1.82, 2.24) is 0 Å². The smallest absolute Gasteiger partial charge is 0.305 e. The maximum absolute atomic E-state index is 11.6.